The second-order valence-electron chi connectivity index (χ2n) is 7.40. The molecule has 2 aliphatic rings. The van der Waals surface area contributed by atoms with Crippen molar-refractivity contribution >= 4 is 0 Å². The van der Waals surface area contributed by atoms with Gasteiger partial charge in [-0.25, -0.2) is 0 Å². The number of aliphatic hydroxyl groups is 1. The maximum Gasteiger partial charge on any atom is 0.0616 e. The molecule has 0 aromatic carbocycles. The lowest BCUT2D eigenvalue weighted by molar-refractivity contribution is 0.108. The van der Waals surface area contributed by atoms with Crippen LogP contribution < -0.4 is 5.32 Å². The SMILES string of the molecule is CCN(CCC1CCCC1(CO)NC1CC1)CC(C)C. The van der Waals surface area contributed by atoms with Crippen LogP contribution in [0, 0.1) is 11.8 Å². The van der Waals surface area contributed by atoms with Gasteiger partial charge in [-0.15, -0.1) is 0 Å². The van der Waals surface area contributed by atoms with Gasteiger partial charge in [0.05, 0.1) is 6.61 Å². The summed E-state index contributed by atoms with van der Waals surface area (Å²) in [5.74, 6) is 1.40. The Balaban J connectivity index is 1.85. The van der Waals surface area contributed by atoms with Crippen LogP contribution in [-0.4, -0.2) is 47.8 Å². The minimum Gasteiger partial charge on any atom is -0.394 e. The zero-order valence-corrected chi connectivity index (χ0v) is 13.7. The van der Waals surface area contributed by atoms with Gasteiger partial charge in [-0.05, 0) is 57.0 Å². The summed E-state index contributed by atoms with van der Waals surface area (Å²) < 4.78 is 0. The van der Waals surface area contributed by atoms with Crippen molar-refractivity contribution in [3.05, 3.63) is 0 Å². The van der Waals surface area contributed by atoms with Crippen molar-refractivity contribution in [2.24, 2.45) is 11.8 Å². The molecule has 0 amide bonds. The molecule has 2 rings (SSSR count). The van der Waals surface area contributed by atoms with Gasteiger partial charge < -0.3 is 15.3 Å². The average molecular weight is 282 g/mol. The van der Waals surface area contributed by atoms with Crippen LogP contribution in [0.15, 0.2) is 0 Å². The molecule has 2 aliphatic carbocycles. The average Bonchev–Trinajstić information content (AvgIpc) is 3.14. The van der Waals surface area contributed by atoms with Crippen molar-refractivity contribution < 1.29 is 5.11 Å². The van der Waals surface area contributed by atoms with Crippen LogP contribution in [0.1, 0.15) is 59.3 Å². The van der Waals surface area contributed by atoms with Crippen LogP contribution in [-0.2, 0) is 0 Å². The van der Waals surface area contributed by atoms with Gasteiger partial charge in [0.2, 0.25) is 0 Å². The fraction of sp³-hybridized carbons (Fsp3) is 1.00. The first-order valence-corrected chi connectivity index (χ1v) is 8.70. The van der Waals surface area contributed by atoms with E-state index in [-0.39, 0.29) is 5.54 Å². The van der Waals surface area contributed by atoms with Gasteiger partial charge in [-0.1, -0.05) is 27.2 Å². The van der Waals surface area contributed by atoms with Crippen LogP contribution in [0.4, 0.5) is 0 Å². The molecule has 0 aromatic rings. The van der Waals surface area contributed by atoms with Gasteiger partial charge in [0.1, 0.15) is 0 Å². The molecule has 118 valence electrons. The van der Waals surface area contributed by atoms with Gasteiger partial charge in [0, 0.05) is 18.1 Å². The third-order valence-electron chi connectivity index (χ3n) is 5.17. The summed E-state index contributed by atoms with van der Waals surface area (Å²) in [6.45, 7) is 10.7. The van der Waals surface area contributed by atoms with Gasteiger partial charge in [0.15, 0.2) is 0 Å². The molecule has 0 bridgehead atoms. The zero-order chi connectivity index (χ0) is 14.6. The molecule has 3 nitrogen and oxygen atoms in total. The van der Waals surface area contributed by atoms with Crippen LogP contribution in [0.2, 0.25) is 0 Å². The Morgan fingerprint density at radius 2 is 2.05 bits per heavy atom. The second-order valence-corrected chi connectivity index (χ2v) is 7.40. The van der Waals surface area contributed by atoms with Gasteiger partial charge in [0.25, 0.3) is 0 Å². The molecule has 0 aromatic heterocycles. The third-order valence-corrected chi connectivity index (χ3v) is 5.17. The number of hydrogen-bond donors (Lipinski definition) is 2. The molecule has 20 heavy (non-hydrogen) atoms. The van der Waals surface area contributed by atoms with Crippen LogP contribution in [0.3, 0.4) is 0 Å². The highest BCUT2D eigenvalue weighted by Gasteiger charge is 2.44. The molecule has 0 heterocycles. The maximum atomic E-state index is 9.96. The predicted molar refractivity (Wildman–Crippen MR) is 84.9 cm³/mol. The summed E-state index contributed by atoms with van der Waals surface area (Å²) in [5, 5.41) is 13.7. The molecular weight excluding hydrogens is 248 g/mol. The van der Waals surface area contributed by atoms with Crippen LogP contribution >= 0.6 is 0 Å². The Labute approximate surface area is 125 Å². The Morgan fingerprint density at radius 1 is 1.30 bits per heavy atom. The van der Waals surface area contributed by atoms with E-state index in [1.807, 2.05) is 0 Å². The molecular formula is C17H34N2O. The number of rotatable bonds is 9. The Hall–Kier alpha value is -0.120. The molecule has 3 heteroatoms. The number of hydrogen-bond acceptors (Lipinski definition) is 3. The van der Waals surface area contributed by atoms with Crippen LogP contribution in [0.5, 0.6) is 0 Å². The van der Waals surface area contributed by atoms with Crippen molar-refractivity contribution in [2.75, 3.05) is 26.2 Å². The summed E-state index contributed by atoms with van der Waals surface area (Å²) in [5.41, 5.74) is 0.0401. The van der Waals surface area contributed by atoms with E-state index in [2.05, 4.69) is 31.0 Å². The van der Waals surface area contributed by atoms with Crippen molar-refractivity contribution in [2.45, 2.75) is 70.9 Å². The normalized spacial score (nSPS) is 30.6. The van der Waals surface area contributed by atoms with E-state index in [1.54, 1.807) is 0 Å². The molecule has 2 saturated carbocycles. The first kappa shape index (κ1) is 16.3. The number of nitrogens with zero attached hydrogens (tertiary/aromatic N) is 1. The van der Waals surface area contributed by atoms with E-state index in [0.29, 0.717) is 18.6 Å². The minimum atomic E-state index is 0.0401. The number of aliphatic hydroxyl groups excluding tert-OH is 1. The molecule has 2 atom stereocenters. The molecule has 2 N–H and O–H groups in total. The highest BCUT2D eigenvalue weighted by molar-refractivity contribution is 5.03. The van der Waals surface area contributed by atoms with E-state index < -0.39 is 0 Å². The molecule has 2 fully saturated rings. The number of nitrogens with one attached hydrogen (secondary N) is 1. The van der Waals surface area contributed by atoms with E-state index >= 15 is 0 Å². The van der Waals surface area contributed by atoms with Gasteiger partial charge >= 0.3 is 0 Å². The van der Waals surface area contributed by atoms with Crippen molar-refractivity contribution in [1.82, 2.24) is 10.2 Å². The lowest BCUT2D eigenvalue weighted by Gasteiger charge is -2.36. The van der Waals surface area contributed by atoms with E-state index in [4.69, 9.17) is 0 Å². The van der Waals surface area contributed by atoms with E-state index in [1.165, 1.54) is 51.6 Å². The summed E-state index contributed by atoms with van der Waals surface area (Å²) in [4.78, 5) is 2.57. The standard InChI is InChI=1S/C17H34N2O/c1-4-19(12-14(2)3)11-9-15-6-5-10-17(15,13-20)18-16-7-8-16/h14-16,18,20H,4-13H2,1-3H3. The highest BCUT2D eigenvalue weighted by Crippen LogP contribution is 2.40. The smallest absolute Gasteiger partial charge is 0.0616 e. The zero-order valence-electron chi connectivity index (χ0n) is 13.7. The molecule has 0 saturated heterocycles. The first-order chi connectivity index (χ1) is 9.59. The van der Waals surface area contributed by atoms with Crippen molar-refractivity contribution in [3.63, 3.8) is 0 Å². The maximum absolute atomic E-state index is 9.96. The molecule has 2 unspecified atom stereocenters. The lowest BCUT2D eigenvalue weighted by atomic mass is 9.85. The molecule has 0 aliphatic heterocycles. The summed E-state index contributed by atoms with van der Waals surface area (Å²) in [6.07, 6.45) is 7.59. The quantitative estimate of drug-likeness (QED) is 0.682. The van der Waals surface area contributed by atoms with Gasteiger partial charge in [-0.3, -0.25) is 0 Å². The summed E-state index contributed by atoms with van der Waals surface area (Å²) in [7, 11) is 0. The van der Waals surface area contributed by atoms with E-state index in [9.17, 15) is 5.11 Å². The van der Waals surface area contributed by atoms with Crippen LogP contribution in [0.25, 0.3) is 0 Å². The fourth-order valence-electron chi connectivity index (χ4n) is 3.88. The Morgan fingerprint density at radius 3 is 2.60 bits per heavy atom. The topological polar surface area (TPSA) is 35.5 Å². The Kier molecular flexibility index (Phi) is 5.88. The molecule has 0 spiro atoms. The predicted octanol–water partition coefficient (Wildman–Crippen LogP) is 2.64. The first-order valence-electron chi connectivity index (χ1n) is 8.70. The third kappa shape index (κ3) is 4.19. The molecule has 0 radical (unpaired) electrons. The summed E-state index contributed by atoms with van der Waals surface area (Å²) >= 11 is 0. The van der Waals surface area contributed by atoms with Gasteiger partial charge in [-0.2, -0.15) is 0 Å². The second kappa shape index (κ2) is 7.24. The Bertz CT molecular complexity index is 291. The van der Waals surface area contributed by atoms with Crippen molar-refractivity contribution in [1.29, 1.82) is 0 Å². The fourth-order valence-corrected chi connectivity index (χ4v) is 3.88. The monoisotopic (exact) mass is 282 g/mol. The van der Waals surface area contributed by atoms with E-state index in [0.717, 1.165) is 12.5 Å². The summed E-state index contributed by atoms with van der Waals surface area (Å²) in [6, 6.07) is 0.695. The largest absolute Gasteiger partial charge is 0.394 e. The lowest BCUT2D eigenvalue weighted by Crippen LogP contribution is -2.53. The highest BCUT2D eigenvalue weighted by atomic mass is 16.3. The van der Waals surface area contributed by atoms with Crippen molar-refractivity contribution in [3.8, 4) is 0 Å². The minimum absolute atomic E-state index is 0.0401.